The van der Waals surface area contributed by atoms with E-state index in [2.05, 4.69) is 4.90 Å². The largest absolute Gasteiger partial charge is 0.458 e. The molecule has 3 aliphatic heterocycles. The van der Waals surface area contributed by atoms with Crippen LogP contribution < -0.4 is 5.56 Å². The first-order valence-electron chi connectivity index (χ1n) is 17.5. The molecule has 2 N–H and O–H groups in total. The molecule has 0 amide bonds. The van der Waals surface area contributed by atoms with Crippen LogP contribution in [-0.4, -0.2) is 56.1 Å². The minimum Gasteiger partial charge on any atom is -0.458 e. The van der Waals surface area contributed by atoms with E-state index < -0.39 is 17.2 Å². The van der Waals surface area contributed by atoms with Crippen molar-refractivity contribution in [1.29, 1.82) is 0 Å². The molecule has 1 unspecified atom stereocenters. The highest BCUT2D eigenvalue weighted by atomic mass is 35.5. The topological polar surface area (TPSA) is 122 Å². The number of piperidine rings is 1. The number of carbonyl (C=O) groups excluding carboxylic acids is 2. The Bertz CT molecular complexity index is 2210. The molecule has 0 aliphatic carbocycles. The number of esters is 1. The molecule has 52 heavy (non-hydrogen) atoms. The third kappa shape index (κ3) is 6.79. The smallest absolute Gasteiger partial charge is 0.343 e. The van der Waals surface area contributed by atoms with Gasteiger partial charge in [-0.05, 0) is 92.4 Å². The van der Waals surface area contributed by atoms with Crippen molar-refractivity contribution >= 4 is 34.3 Å². The normalized spacial score (nSPS) is 18.8. The number of para-hydroxylation sites is 1. The highest BCUT2D eigenvalue weighted by molar-refractivity contribution is 6.30. The number of aromatic nitrogens is 2. The number of fused-ring (bicyclic) bond motifs is 5. The number of nitrogens with zero attached hydrogens (tertiary/aromatic N) is 3. The quantitative estimate of drug-likeness (QED) is 0.141. The Balaban J connectivity index is 0.000000162. The van der Waals surface area contributed by atoms with Gasteiger partial charge < -0.3 is 24.4 Å². The second-order valence-corrected chi connectivity index (χ2v) is 14.1. The Morgan fingerprint density at radius 1 is 0.981 bits per heavy atom. The van der Waals surface area contributed by atoms with Crippen molar-refractivity contribution in [2.45, 2.75) is 63.4 Å². The lowest BCUT2D eigenvalue weighted by Gasteiger charge is -2.38. The molecule has 0 bridgehead atoms. The third-order valence-electron chi connectivity index (χ3n) is 10.5. The molecule has 3 aromatic carbocycles. The van der Waals surface area contributed by atoms with E-state index in [0.29, 0.717) is 53.2 Å². The van der Waals surface area contributed by atoms with Gasteiger partial charge in [0.05, 0.1) is 34.6 Å². The molecule has 11 heteroatoms. The standard InChI is InChI=1S/C21H23ClFNO2.C20H16N2O4/c22-18-7-5-17(6-8-18)21(26)11-14-24(15-12-21)13-1-2-20(25)16-3-9-19(23)10-4-16;1-2-20(25)14-8-16-17-12(7-11-5-3-4-6-15(11)21-17)9-22(16)18(23)13(14)10-26-19(20)24/h3-10,26H,1-2,11-15H2;3-8,25H,2,9-10H2,1H3. The molecule has 8 rings (SSSR count). The minimum atomic E-state index is -1.79. The Morgan fingerprint density at radius 2 is 1.69 bits per heavy atom. The number of pyridine rings is 2. The molecule has 0 spiro atoms. The molecule has 1 atom stereocenters. The van der Waals surface area contributed by atoms with Crippen LogP contribution >= 0.6 is 11.6 Å². The predicted molar refractivity (Wildman–Crippen MR) is 196 cm³/mol. The Labute approximate surface area is 305 Å². The molecule has 0 radical (unpaired) electrons. The van der Waals surface area contributed by atoms with Crippen molar-refractivity contribution < 1.29 is 28.9 Å². The number of likely N-dealkylation sites (tertiary alicyclic amines) is 1. The molecule has 1 fully saturated rings. The molecule has 268 valence electrons. The zero-order valence-corrected chi connectivity index (χ0v) is 29.5. The lowest BCUT2D eigenvalue weighted by atomic mass is 9.84. The van der Waals surface area contributed by atoms with Crippen LogP contribution in [0.2, 0.25) is 5.02 Å². The van der Waals surface area contributed by atoms with E-state index in [0.717, 1.165) is 53.8 Å². The van der Waals surface area contributed by atoms with E-state index in [4.69, 9.17) is 21.3 Å². The number of benzene rings is 3. The zero-order chi connectivity index (χ0) is 36.6. The van der Waals surface area contributed by atoms with Gasteiger partial charge in [-0.15, -0.1) is 0 Å². The lowest BCUT2D eigenvalue weighted by molar-refractivity contribution is -0.172. The zero-order valence-electron chi connectivity index (χ0n) is 28.8. The minimum absolute atomic E-state index is 0.0414. The maximum atomic E-state index is 13.0. The summed E-state index contributed by atoms with van der Waals surface area (Å²) in [5.74, 6) is -0.996. The molecule has 9 nitrogen and oxygen atoms in total. The summed E-state index contributed by atoms with van der Waals surface area (Å²) in [6, 6.07) is 24.6. The van der Waals surface area contributed by atoms with Crippen LogP contribution in [0.1, 0.15) is 71.6 Å². The number of carbonyl (C=O) groups is 2. The van der Waals surface area contributed by atoms with Gasteiger partial charge >= 0.3 is 5.97 Å². The summed E-state index contributed by atoms with van der Waals surface area (Å²) < 4.78 is 19.6. The number of hydrogen-bond donors (Lipinski definition) is 2. The number of cyclic esters (lactones) is 1. The van der Waals surface area contributed by atoms with Crippen LogP contribution in [0.15, 0.2) is 89.7 Å². The van der Waals surface area contributed by atoms with Crippen LogP contribution in [0.3, 0.4) is 0 Å². The van der Waals surface area contributed by atoms with Gasteiger partial charge in [-0.3, -0.25) is 9.59 Å². The summed E-state index contributed by atoms with van der Waals surface area (Å²) in [5, 5.41) is 23.4. The third-order valence-corrected chi connectivity index (χ3v) is 10.8. The lowest BCUT2D eigenvalue weighted by Crippen LogP contribution is -2.44. The van der Waals surface area contributed by atoms with Gasteiger partial charge in [-0.2, -0.15) is 0 Å². The molecule has 5 heterocycles. The molecule has 2 aromatic heterocycles. The van der Waals surface area contributed by atoms with Gasteiger partial charge in [0, 0.05) is 46.6 Å². The SMILES string of the molecule is CCC1(O)C(=O)OCc2c1cc1n(c2=O)Cc2cc3ccccc3nc2-1.O=C(CCCN1CCC(O)(c2ccc(Cl)cc2)CC1)c1ccc(F)cc1. The van der Waals surface area contributed by atoms with E-state index in [1.807, 2.05) is 54.6 Å². The van der Waals surface area contributed by atoms with Crippen LogP contribution in [0, 0.1) is 5.82 Å². The van der Waals surface area contributed by atoms with E-state index in [-0.39, 0.29) is 30.2 Å². The highest BCUT2D eigenvalue weighted by Gasteiger charge is 2.45. The maximum Gasteiger partial charge on any atom is 0.343 e. The second kappa shape index (κ2) is 14.4. The van der Waals surface area contributed by atoms with Gasteiger partial charge in [0.2, 0.25) is 0 Å². The number of halogens is 2. The fourth-order valence-electron chi connectivity index (χ4n) is 7.36. The molecule has 3 aliphatic rings. The predicted octanol–water partition coefficient (Wildman–Crippen LogP) is 6.51. The highest BCUT2D eigenvalue weighted by Crippen LogP contribution is 2.39. The van der Waals surface area contributed by atoms with Crippen molar-refractivity contribution in [3.05, 3.63) is 134 Å². The van der Waals surface area contributed by atoms with Crippen LogP contribution in [0.25, 0.3) is 22.3 Å². The summed E-state index contributed by atoms with van der Waals surface area (Å²) in [6.07, 6.45) is 2.68. The summed E-state index contributed by atoms with van der Waals surface area (Å²) in [7, 11) is 0. The van der Waals surface area contributed by atoms with Crippen molar-refractivity contribution in [1.82, 2.24) is 14.5 Å². The average molecular weight is 724 g/mol. The molecular formula is C41H39ClFN3O6. The van der Waals surface area contributed by atoms with E-state index in [1.165, 1.54) is 24.3 Å². The average Bonchev–Trinajstić information content (AvgIpc) is 3.51. The Hall–Kier alpha value is -4.74. The first-order valence-corrected chi connectivity index (χ1v) is 17.9. The molecular weight excluding hydrogens is 685 g/mol. The fraction of sp³-hybridized carbons (Fsp3) is 0.317. The number of ketones is 1. The number of hydrogen-bond acceptors (Lipinski definition) is 8. The Kier molecular flexibility index (Phi) is 9.84. The second-order valence-electron chi connectivity index (χ2n) is 13.7. The summed E-state index contributed by atoms with van der Waals surface area (Å²) in [4.78, 5) is 44.3. The Morgan fingerprint density at radius 3 is 2.40 bits per heavy atom. The number of Topliss-reactive ketones (excluding diaryl/α,β-unsaturated/α-hetero) is 1. The fourth-order valence-corrected chi connectivity index (χ4v) is 7.49. The van der Waals surface area contributed by atoms with Crippen LogP contribution in [0.4, 0.5) is 4.39 Å². The molecule has 1 saturated heterocycles. The first kappa shape index (κ1) is 35.7. The summed E-state index contributed by atoms with van der Waals surface area (Å²) >= 11 is 5.92. The first-order chi connectivity index (χ1) is 25.0. The van der Waals surface area contributed by atoms with Gasteiger partial charge in [0.25, 0.3) is 5.56 Å². The monoisotopic (exact) mass is 723 g/mol. The van der Waals surface area contributed by atoms with Crippen molar-refractivity contribution in [3.63, 3.8) is 0 Å². The summed E-state index contributed by atoms with van der Waals surface area (Å²) in [6.45, 7) is 4.42. The van der Waals surface area contributed by atoms with Gasteiger partial charge in [-0.25, -0.2) is 14.2 Å². The van der Waals surface area contributed by atoms with Gasteiger partial charge in [0.15, 0.2) is 11.4 Å². The number of aliphatic hydroxyl groups is 2. The van der Waals surface area contributed by atoms with Gasteiger partial charge in [0.1, 0.15) is 12.4 Å². The van der Waals surface area contributed by atoms with Gasteiger partial charge in [-0.1, -0.05) is 48.9 Å². The maximum absolute atomic E-state index is 13.0. The van der Waals surface area contributed by atoms with Crippen LogP contribution in [0.5, 0.6) is 0 Å². The number of rotatable bonds is 7. The summed E-state index contributed by atoms with van der Waals surface area (Å²) in [5.41, 5.74) is 2.48. The molecule has 0 saturated carbocycles. The van der Waals surface area contributed by atoms with E-state index in [9.17, 15) is 29.0 Å². The van der Waals surface area contributed by atoms with Crippen molar-refractivity contribution in [2.24, 2.45) is 0 Å². The van der Waals surface area contributed by atoms with Crippen molar-refractivity contribution in [3.8, 4) is 11.4 Å². The van der Waals surface area contributed by atoms with Crippen LogP contribution in [-0.2, 0) is 33.9 Å². The van der Waals surface area contributed by atoms with E-state index >= 15 is 0 Å². The van der Waals surface area contributed by atoms with E-state index in [1.54, 1.807) is 17.6 Å². The van der Waals surface area contributed by atoms with Crippen molar-refractivity contribution in [2.75, 3.05) is 19.6 Å². The number of ether oxygens (including phenoxy) is 1. The molecule has 5 aromatic rings.